The van der Waals surface area contributed by atoms with Gasteiger partial charge in [-0.3, -0.25) is 38.4 Å². The van der Waals surface area contributed by atoms with Gasteiger partial charge >= 0.3 is 0 Å². The number of primary amides is 2. The second-order valence-electron chi connectivity index (χ2n) is 12.5. The van der Waals surface area contributed by atoms with E-state index in [1.807, 2.05) is 13.8 Å². The molecule has 272 valence electrons. The number of nitrogens with one attached hydrogen (secondary N) is 5. The van der Waals surface area contributed by atoms with Gasteiger partial charge in [0.2, 0.25) is 47.3 Å². The van der Waals surface area contributed by atoms with E-state index in [0.29, 0.717) is 25.8 Å². The first-order chi connectivity index (χ1) is 22.4. The zero-order chi connectivity index (χ0) is 36.7. The molecule has 1 heterocycles. The summed E-state index contributed by atoms with van der Waals surface area (Å²) in [4.78, 5) is 103. The number of hydrogen-bond acceptors (Lipinski definition) is 10. The maximum atomic E-state index is 13.9. The Balaban J connectivity index is 3.22. The number of nitrogens with zero attached hydrogens (tertiary/aromatic N) is 1. The van der Waals surface area contributed by atoms with Gasteiger partial charge in [0.15, 0.2) is 0 Å². The molecule has 0 aromatic carbocycles. The molecule has 8 amide bonds. The van der Waals surface area contributed by atoms with Gasteiger partial charge in [-0.25, -0.2) is 0 Å². The number of hydrogen-bond donors (Lipinski definition) is 9. The maximum absolute atomic E-state index is 13.9. The first-order valence-electron chi connectivity index (χ1n) is 16.1. The van der Waals surface area contributed by atoms with Crippen LogP contribution in [-0.2, 0) is 38.4 Å². The Labute approximate surface area is 280 Å². The number of amides is 8. The summed E-state index contributed by atoms with van der Waals surface area (Å²) in [6, 6.07) is -7.18. The summed E-state index contributed by atoms with van der Waals surface area (Å²) in [5.41, 5.74) is 16.2. The summed E-state index contributed by atoms with van der Waals surface area (Å²) in [7, 11) is 0. The summed E-state index contributed by atoms with van der Waals surface area (Å²) in [5.74, 6) is -6.00. The fourth-order valence-corrected chi connectivity index (χ4v) is 5.26. The van der Waals surface area contributed by atoms with Crippen LogP contribution in [0.1, 0.15) is 79.6 Å². The van der Waals surface area contributed by atoms with Gasteiger partial charge in [-0.05, 0) is 64.8 Å². The lowest BCUT2D eigenvalue weighted by atomic mass is 10.0. The fourth-order valence-electron chi connectivity index (χ4n) is 5.26. The van der Waals surface area contributed by atoms with Crippen molar-refractivity contribution in [1.82, 2.24) is 31.5 Å². The number of aliphatic hydroxyl groups is 1. The molecule has 18 heteroatoms. The zero-order valence-corrected chi connectivity index (χ0v) is 28.4. The number of unbranched alkanes of at least 4 members (excludes halogenated alkanes) is 1. The Morgan fingerprint density at radius 3 is 1.94 bits per heavy atom. The average Bonchev–Trinajstić information content (AvgIpc) is 3.47. The third kappa shape index (κ3) is 13.8. The third-order valence-electron chi connectivity index (χ3n) is 7.68. The van der Waals surface area contributed by atoms with E-state index in [4.69, 9.17) is 17.2 Å². The minimum atomic E-state index is -1.55. The number of carbonyl (C=O) groups excluding carboxylic acids is 8. The Kier molecular flexibility index (Phi) is 17.5. The predicted molar refractivity (Wildman–Crippen MR) is 173 cm³/mol. The van der Waals surface area contributed by atoms with Crippen LogP contribution in [0.2, 0.25) is 0 Å². The minimum absolute atomic E-state index is 0.0282. The smallest absolute Gasteiger partial charge is 0.245 e. The van der Waals surface area contributed by atoms with Gasteiger partial charge in [0, 0.05) is 13.5 Å². The molecule has 0 aromatic heterocycles. The van der Waals surface area contributed by atoms with E-state index in [0.717, 1.165) is 0 Å². The molecular weight excluding hydrogens is 630 g/mol. The summed E-state index contributed by atoms with van der Waals surface area (Å²) in [6.45, 7) is 8.14. The van der Waals surface area contributed by atoms with Crippen molar-refractivity contribution in [1.29, 1.82) is 0 Å². The van der Waals surface area contributed by atoms with E-state index in [-0.39, 0.29) is 31.7 Å². The van der Waals surface area contributed by atoms with Crippen LogP contribution in [0.15, 0.2) is 0 Å². The summed E-state index contributed by atoms with van der Waals surface area (Å²) in [5, 5.41) is 22.2. The molecular formula is C30H53N9O9. The Morgan fingerprint density at radius 2 is 1.42 bits per heavy atom. The van der Waals surface area contributed by atoms with Gasteiger partial charge < -0.3 is 53.8 Å². The first-order valence-corrected chi connectivity index (χ1v) is 16.1. The normalized spacial score (nSPS) is 18.0. The quantitative estimate of drug-likeness (QED) is 0.0567. The van der Waals surface area contributed by atoms with Crippen LogP contribution in [0.5, 0.6) is 0 Å². The number of rotatable bonds is 20. The van der Waals surface area contributed by atoms with Crippen molar-refractivity contribution >= 4 is 47.3 Å². The lowest BCUT2D eigenvalue weighted by Gasteiger charge is -2.31. The summed E-state index contributed by atoms with van der Waals surface area (Å²) in [6.07, 6.45) is 0.0200. The van der Waals surface area contributed by atoms with Gasteiger partial charge in [0.1, 0.15) is 36.3 Å². The second-order valence-corrected chi connectivity index (χ2v) is 12.5. The largest absolute Gasteiger partial charge is 0.391 e. The van der Waals surface area contributed by atoms with Crippen LogP contribution in [0.25, 0.3) is 0 Å². The molecule has 7 atom stereocenters. The Hall–Kier alpha value is -4.32. The lowest BCUT2D eigenvalue weighted by molar-refractivity contribution is -0.143. The van der Waals surface area contributed by atoms with Crippen LogP contribution in [0.3, 0.4) is 0 Å². The van der Waals surface area contributed by atoms with E-state index in [1.54, 1.807) is 0 Å². The van der Waals surface area contributed by atoms with Crippen LogP contribution in [0.4, 0.5) is 0 Å². The van der Waals surface area contributed by atoms with Crippen LogP contribution < -0.4 is 43.8 Å². The molecule has 18 nitrogen and oxygen atoms in total. The first kappa shape index (κ1) is 41.7. The topological polar surface area (TPSA) is 298 Å². The van der Waals surface area contributed by atoms with Crippen molar-refractivity contribution in [2.75, 3.05) is 13.1 Å². The van der Waals surface area contributed by atoms with E-state index in [9.17, 15) is 43.5 Å². The summed E-state index contributed by atoms with van der Waals surface area (Å²) >= 11 is 0. The van der Waals surface area contributed by atoms with Gasteiger partial charge in [-0.2, -0.15) is 0 Å². The molecule has 0 unspecified atom stereocenters. The molecule has 0 spiro atoms. The molecule has 48 heavy (non-hydrogen) atoms. The molecule has 0 aromatic rings. The predicted octanol–water partition coefficient (Wildman–Crippen LogP) is -3.64. The van der Waals surface area contributed by atoms with Crippen LogP contribution in [-0.4, -0.2) is 113 Å². The molecule has 1 aliphatic heterocycles. The standard InChI is InChI=1S/C30H53N9O9/c1-15(2)13-20(36-26(44)16(3)34-18(5)41)27(45)35-19(9-6-7-11-31)30(48)39-12-8-10-22(39)29(47)37-21(14-23(32)42)28(46)38-24(17(4)40)25(33)43/h15-17,19-22,24,40H,6-14,31H2,1-5H3,(H2,32,42)(H2,33,43)(H,34,41)(H,35,45)(H,36,44)(H,37,47)(H,38,46)/t16-,17+,19-,20-,21-,22-,24-/m0/s1. The van der Waals surface area contributed by atoms with Gasteiger partial charge in [0.25, 0.3) is 0 Å². The highest BCUT2D eigenvalue weighted by molar-refractivity contribution is 5.98. The Morgan fingerprint density at radius 1 is 0.812 bits per heavy atom. The van der Waals surface area contributed by atoms with Crippen molar-refractivity contribution in [3.8, 4) is 0 Å². The van der Waals surface area contributed by atoms with Gasteiger partial charge in [0.05, 0.1) is 12.5 Å². The molecule has 1 fully saturated rings. The molecule has 0 bridgehead atoms. The molecule has 0 aliphatic carbocycles. The van der Waals surface area contributed by atoms with Crippen molar-refractivity contribution in [3.63, 3.8) is 0 Å². The molecule has 0 saturated carbocycles. The highest BCUT2D eigenvalue weighted by Crippen LogP contribution is 2.21. The number of aliphatic hydroxyl groups excluding tert-OH is 1. The van der Waals surface area contributed by atoms with E-state index >= 15 is 0 Å². The third-order valence-corrected chi connectivity index (χ3v) is 7.68. The monoisotopic (exact) mass is 683 g/mol. The van der Waals surface area contributed by atoms with Crippen LogP contribution in [0, 0.1) is 5.92 Å². The van der Waals surface area contributed by atoms with Gasteiger partial charge in [-0.1, -0.05) is 13.8 Å². The van der Waals surface area contributed by atoms with E-state index in [1.165, 1.54) is 25.7 Å². The van der Waals surface area contributed by atoms with Crippen molar-refractivity contribution in [2.24, 2.45) is 23.1 Å². The van der Waals surface area contributed by atoms with Crippen molar-refractivity contribution < 1.29 is 43.5 Å². The molecule has 0 radical (unpaired) electrons. The highest BCUT2D eigenvalue weighted by atomic mass is 16.3. The number of carbonyl (C=O) groups is 8. The number of likely N-dealkylation sites (tertiary alicyclic amines) is 1. The molecule has 12 N–H and O–H groups in total. The second kappa shape index (κ2) is 20.1. The molecule has 1 aliphatic rings. The zero-order valence-electron chi connectivity index (χ0n) is 28.4. The summed E-state index contributed by atoms with van der Waals surface area (Å²) < 4.78 is 0. The molecule has 1 rings (SSSR count). The maximum Gasteiger partial charge on any atom is 0.245 e. The average molecular weight is 684 g/mol. The highest BCUT2D eigenvalue weighted by Gasteiger charge is 2.40. The SMILES string of the molecule is CC(=O)N[C@@H](C)C(=O)N[C@@H](CC(C)C)C(=O)N[C@@H](CCCCN)C(=O)N1CCC[C@H]1C(=O)N[C@@H](CC(N)=O)C(=O)N[C@H](C(N)=O)[C@@H](C)O. The van der Waals surface area contributed by atoms with Gasteiger partial charge in [-0.15, -0.1) is 0 Å². The lowest BCUT2D eigenvalue weighted by Crippen LogP contribution is -2.60. The Bertz CT molecular complexity index is 1180. The fraction of sp³-hybridized carbons (Fsp3) is 0.733. The minimum Gasteiger partial charge on any atom is -0.391 e. The van der Waals surface area contributed by atoms with Crippen molar-refractivity contribution in [3.05, 3.63) is 0 Å². The molecule has 1 saturated heterocycles. The number of nitrogens with two attached hydrogens (primary N) is 3. The van der Waals surface area contributed by atoms with Crippen LogP contribution >= 0.6 is 0 Å². The van der Waals surface area contributed by atoms with Crippen molar-refractivity contribution in [2.45, 2.75) is 122 Å². The van der Waals surface area contributed by atoms with E-state index < -0.39 is 96.0 Å². The van der Waals surface area contributed by atoms with E-state index in [2.05, 4.69) is 26.6 Å².